The maximum atomic E-state index is 11.7. The Morgan fingerprint density at radius 1 is 1.47 bits per heavy atom. The minimum Gasteiger partial charge on any atom is -0.492 e. The van der Waals surface area contributed by atoms with Crippen molar-refractivity contribution in [3.05, 3.63) is 35.4 Å². The number of ether oxygens (including phenoxy) is 2. The topological polar surface area (TPSA) is 52.6 Å². The van der Waals surface area contributed by atoms with Gasteiger partial charge in [-0.25, -0.2) is 0 Å². The largest absolute Gasteiger partial charge is 0.492 e. The van der Waals surface area contributed by atoms with Gasteiger partial charge in [0.2, 0.25) is 0 Å². The summed E-state index contributed by atoms with van der Waals surface area (Å²) in [5, 5.41) is 0. The zero-order chi connectivity index (χ0) is 13.7. The van der Waals surface area contributed by atoms with E-state index in [4.69, 9.17) is 9.47 Å². The van der Waals surface area contributed by atoms with Crippen LogP contribution in [0.5, 0.6) is 5.75 Å². The third-order valence-electron chi connectivity index (χ3n) is 2.79. The Bertz CT molecular complexity index is 517. The lowest BCUT2D eigenvalue weighted by molar-refractivity contribution is -0.142. The van der Waals surface area contributed by atoms with Crippen LogP contribution in [0.1, 0.15) is 35.7 Å². The second kappa shape index (κ2) is 6.18. The van der Waals surface area contributed by atoms with Crippen molar-refractivity contribution in [2.24, 2.45) is 0 Å². The molecular formula is C15H16O4. The van der Waals surface area contributed by atoms with Gasteiger partial charge in [-0.15, -0.1) is 0 Å². The quantitative estimate of drug-likeness (QED) is 0.781. The van der Waals surface area contributed by atoms with Crippen LogP contribution in [0.2, 0.25) is 0 Å². The van der Waals surface area contributed by atoms with Crippen molar-refractivity contribution in [3.63, 3.8) is 0 Å². The fourth-order valence-corrected chi connectivity index (χ4v) is 1.89. The minimum atomic E-state index is -0.254. The minimum absolute atomic E-state index is 0.0990. The summed E-state index contributed by atoms with van der Waals surface area (Å²) in [5.74, 6) is 0.483. The molecular weight excluding hydrogens is 244 g/mol. The molecule has 0 saturated heterocycles. The summed E-state index contributed by atoms with van der Waals surface area (Å²) in [7, 11) is 0. The van der Waals surface area contributed by atoms with Crippen LogP contribution in [0, 0.1) is 0 Å². The number of ketones is 1. The molecule has 0 N–H and O–H groups in total. The average Bonchev–Trinajstić information content (AvgIpc) is 2.40. The normalized spacial score (nSPS) is 14.1. The van der Waals surface area contributed by atoms with Gasteiger partial charge in [0, 0.05) is 6.42 Å². The van der Waals surface area contributed by atoms with Crippen molar-refractivity contribution in [3.8, 4) is 5.75 Å². The fourth-order valence-electron chi connectivity index (χ4n) is 1.89. The van der Waals surface area contributed by atoms with E-state index in [0.29, 0.717) is 30.9 Å². The lowest BCUT2D eigenvalue weighted by Crippen LogP contribution is -2.15. The number of Topliss-reactive ketones (excluding diaryl/α,β-unsaturated/α-hetero) is 1. The molecule has 0 radical (unpaired) electrons. The van der Waals surface area contributed by atoms with Crippen molar-refractivity contribution >= 4 is 17.8 Å². The maximum absolute atomic E-state index is 11.7. The molecule has 0 aliphatic carbocycles. The van der Waals surface area contributed by atoms with Gasteiger partial charge in [-0.05, 0) is 24.6 Å². The average molecular weight is 260 g/mol. The third kappa shape index (κ3) is 3.44. The van der Waals surface area contributed by atoms with Crippen LogP contribution in [0.25, 0.3) is 6.08 Å². The first-order chi connectivity index (χ1) is 9.20. The molecule has 1 heterocycles. The summed E-state index contributed by atoms with van der Waals surface area (Å²) in [6.45, 7) is 2.61. The Morgan fingerprint density at radius 3 is 3.11 bits per heavy atom. The van der Waals surface area contributed by atoms with Gasteiger partial charge in [-0.3, -0.25) is 9.59 Å². The van der Waals surface area contributed by atoms with E-state index in [-0.39, 0.29) is 18.2 Å². The standard InChI is InChI=1S/C15H16O4/c1-2-18-15(17)5-3-4-11-6-7-14-12(10-11)13(16)8-9-19-14/h3-4,6-7,10H,2,5,8-9H2,1H3. The summed E-state index contributed by atoms with van der Waals surface area (Å²) >= 11 is 0. The Hall–Kier alpha value is -2.10. The van der Waals surface area contributed by atoms with E-state index < -0.39 is 0 Å². The van der Waals surface area contributed by atoms with Crippen molar-refractivity contribution < 1.29 is 19.1 Å². The molecule has 0 aromatic heterocycles. The molecule has 0 unspecified atom stereocenters. The Balaban J connectivity index is 2.05. The molecule has 0 saturated carbocycles. The van der Waals surface area contributed by atoms with Gasteiger partial charge in [-0.2, -0.15) is 0 Å². The summed E-state index contributed by atoms with van der Waals surface area (Å²) in [4.78, 5) is 22.9. The van der Waals surface area contributed by atoms with E-state index in [1.165, 1.54) is 0 Å². The number of hydrogen-bond donors (Lipinski definition) is 0. The second-order valence-corrected chi connectivity index (χ2v) is 4.19. The van der Waals surface area contributed by atoms with E-state index in [0.717, 1.165) is 5.56 Å². The van der Waals surface area contributed by atoms with Gasteiger partial charge in [0.1, 0.15) is 5.75 Å². The first kappa shape index (κ1) is 13.3. The van der Waals surface area contributed by atoms with Crippen molar-refractivity contribution in [1.82, 2.24) is 0 Å². The zero-order valence-corrected chi connectivity index (χ0v) is 10.8. The highest BCUT2D eigenvalue weighted by Gasteiger charge is 2.17. The molecule has 0 fully saturated rings. The second-order valence-electron chi connectivity index (χ2n) is 4.19. The molecule has 100 valence electrons. The summed E-state index contributed by atoms with van der Waals surface area (Å²) in [6.07, 6.45) is 4.19. The van der Waals surface area contributed by atoms with E-state index >= 15 is 0 Å². The summed E-state index contributed by atoms with van der Waals surface area (Å²) in [5.41, 5.74) is 1.49. The summed E-state index contributed by atoms with van der Waals surface area (Å²) in [6, 6.07) is 5.44. The van der Waals surface area contributed by atoms with Crippen molar-refractivity contribution in [2.75, 3.05) is 13.2 Å². The summed E-state index contributed by atoms with van der Waals surface area (Å²) < 4.78 is 10.2. The van der Waals surface area contributed by atoms with E-state index in [9.17, 15) is 9.59 Å². The number of hydrogen-bond acceptors (Lipinski definition) is 4. The molecule has 2 rings (SSSR count). The molecule has 0 atom stereocenters. The zero-order valence-electron chi connectivity index (χ0n) is 10.8. The number of rotatable bonds is 4. The molecule has 1 aromatic carbocycles. The SMILES string of the molecule is CCOC(=O)CC=Cc1ccc2c(c1)C(=O)CCO2. The van der Waals surface area contributed by atoms with Crippen molar-refractivity contribution in [2.45, 2.75) is 19.8 Å². The van der Waals surface area contributed by atoms with Crippen LogP contribution in [0.15, 0.2) is 24.3 Å². The number of fused-ring (bicyclic) bond motifs is 1. The lowest BCUT2D eigenvalue weighted by atomic mass is 10.0. The lowest BCUT2D eigenvalue weighted by Gasteiger charge is -2.16. The number of carbonyl (C=O) groups is 2. The monoisotopic (exact) mass is 260 g/mol. The maximum Gasteiger partial charge on any atom is 0.309 e. The Kier molecular flexibility index (Phi) is 4.34. The fraction of sp³-hybridized carbons (Fsp3) is 0.333. The highest BCUT2D eigenvalue weighted by molar-refractivity contribution is 6.00. The number of carbonyl (C=O) groups excluding carboxylic acids is 2. The Labute approximate surface area is 112 Å². The van der Waals surface area contributed by atoms with E-state index in [1.807, 2.05) is 6.07 Å². The van der Waals surface area contributed by atoms with Crippen LogP contribution in [-0.2, 0) is 9.53 Å². The Morgan fingerprint density at radius 2 is 2.32 bits per heavy atom. The molecule has 19 heavy (non-hydrogen) atoms. The first-order valence-electron chi connectivity index (χ1n) is 6.33. The van der Waals surface area contributed by atoms with Crippen LogP contribution in [0.3, 0.4) is 0 Å². The number of esters is 1. The molecule has 1 aromatic rings. The predicted molar refractivity (Wildman–Crippen MR) is 71.2 cm³/mol. The molecule has 0 bridgehead atoms. The molecule has 0 spiro atoms. The molecule has 1 aliphatic heterocycles. The highest BCUT2D eigenvalue weighted by atomic mass is 16.5. The van der Waals surface area contributed by atoms with Crippen LogP contribution < -0.4 is 4.74 Å². The predicted octanol–water partition coefficient (Wildman–Crippen LogP) is 2.62. The van der Waals surface area contributed by atoms with E-state index in [2.05, 4.69) is 0 Å². The first-order valence-corrected chi connectivity index (χ1v) is 6.33. The van der Waals surface area contributed by atoms with Crippen LogP contribution in [0.4, 0.5) is 0 Å². The van der Waals surface area contributed by atoms with Gasteiger partial charge < -0.3 is 9.47 Å². The highest BCUT2D eigenvalue weighted by Crippen LogP contribution is 2.26. The smallest absolute Gasteiger partial charge is 0.309 e. The van der Waals surface area contributed by atoms with Gasteiger partial charge in [0.15, 0.2) is 5.78 Å². The van der Waals surface area contributed by atoms with Gasteiger partial charge >= 0.3 is 5.97 Å². The van der Waals surface area contributed by atoms with Crippen LogP contribution >= 0.6 is 0 Å². The molecule has 0 amide bonds. The molecule has 4 nitrogen and oxygen atoms in total. The number of benzene rings is 1. The van der Waals surface area contributed by atoms with Crippen LogP contribution in [-0.4, -0.2) is 25.0 Å². The van der Waals surface area contributed by atoms with Crippen molar-refractivity contribution in [1.29, 1.82) is 0 Å². The van der Waals surface area contributed by atoms with E-state index in [1.54, 1.807) is 31.2 Å². The molecule has 1 aliphatic rings. The third-order valence-corrected chi connectivity index (χ3v) is 2.79. The van der Waals surface area contributed by atoms with Gasteiger partial charge in [0.25, 0.3) is 0 Å². The van der Waals surface area contributed by atoms with Gasteiger partial charge in [-0.1, -0.05) is 18.2 Å². The molecule has 4 heteroatoms. The van der Waals surface area contributed by atoms with Gasteiger partial charge in [0.05, 0.1) is 25.2 Å².